The van der Waals surface area contributed by atoms with Crippen molar-refractivity contribution in [3.63, 3.8) is 0 Å². The summed E-state index contributed by atoms with van der Waals surface area (Å²) in [6.07, 6.45) is 6.46. The molecular weight excluding hydrogens is 310 g/mol. The number of allylic oxidation sites excluding steroid dienone is 1. The lowest BCUT2D eigenvalue weighted by Gasteiger charge is -2.06. The zero-order valence-corrected chi connectivity index (χ0v) is 13.3. The van der Waals surface area contributed by atoms with Crippen LogP contribution in [0.2, 0.25) is 0 Å². The van der Waals surface area contributed by atoms with Crippen molar-refractivity contribution in [3.8, 4) is 0 Å². The number of H-pyrrole nitrogens is 1. The molecule has 0 aliphatic rings. The predicted octanol–water partition coefficient (Wildman–Crippen LogP) is 3.16. The quantitative estimate of drug-likeness (QED) is 0.428. The van der Waals surface area contributed by atoms with Gasteiger partial charge >= 0.3 is 0 Å². The number of amides is 1. The molecule has 2 N–H and O–H groups in total. The van der Waals surface area contributed by atoms with E-state index in [1.807, 2.05) is 31.2 Å². The molecule has 116 valence electrons. The van der Waals surface area contributed by atoms with Gasteiger partial charge in [-0.1, -0.05) is 18.2 Å². The van der Waals surface area contributed by atoms with Crippen LogP contribution in [0.1, 0.15) is 12.5 Å². The molecule has 1 aromatic carbocycles. The van der Waals surface area contributed by atoms with E-state index in [4.69, 9.17) is 0 Å². The van der Waals surface area contributed by atoms with E-state index < -0.39 is 0 Å². The molecule has 0 bridgehead atoms. The summed E-state index contributed by atoms with van der Waals surface area (Å²) in [4.78, 5) is 20.0. The van der Waals surface area contributed by atoms with Crippen molar-refractivity contribution in [2.24, 2.45) is 0 Å². The van der Waals surface area contributed by atoms with E-state index in [-0.39, 0.29) is 5.91 Å². The largest absolute Gasteiger partial charge is 0.323 e. The number of nitrogens with one attached hydrogen (secondary N) is 2. The number of nitrogens with zero attached hydrogens (tertiary/aromatic N) is 3. The van der Waals surface area contributed by atoms with Gasteiger partial charge in [-0.05, 0) is 30.7 Å². The first-order valence-corrected chi connectivity index (χ1v) is 8.04. The first-order valence-electron chi connectivity index (χ1n) is 7.06. The minimum absolute atomic E-state index is 0.131. The van der Waals surface area contributed by atoms with Crippen molar-refractivity contribution in [3.05, 3.63) is 54.5 Å². The normalized spacial score (nSPS) is 11.2. The third-order valence-corrected chi connectivity index (χ3v) is 4.18. The Hall–Kier alpha value is -2.67. The minimum atomic E-state index is -0.131. The van der Waals surface area contributed by atoms with Crippen LogP contribution in [0.25, 0.3) is 11.0 Å². The highest BCUT2D eigenvalue weighted by Gasteiger charge is 2.07. The number of carbonyl (C=O) groups excluding carboxylic acids is 1. The summed E-state index contributed by atoms with van der Waals surface area (Å²) in [5, 5.41) is 11.4. The second-order valence-corrected chi connectivity index (χ2v) is 5.75. The molecule has 0 spiro atoms. The van der Waals surface area contributed by atoms with Crippen LogP contribution in [0.5, 0.6) is 0 Å². The smallest absolute Gasteiger partial charge is 0.248 e. The average molecular weight is 325 g/mol. The topological polar surface area (TPSA) is 83.6 Å². The van der Waals surface area contributed by atoms with Crippen LogP contribution in [-0.2, 0) is 10.5 Å². The number of rotatable bonds is 5. The molecule has 2 aromatic heterocycles. The van der Waals surface area contributed by atoms with Gasteiger partial charge in [-0.15, -0.1) is 11.8 Å². The van der Waals surface area contributed by atoms with E-state index in [9.17, 15) is 4.79 Å². The van der Waals surface area contributed by atoms with Gasteiger partial charge in [0.05, 0.1) is 11.6 Å². The van der Waals surface area contributed by atoms with Gasteiger partial charge < -0.3 is 5.32 Å². The molecule has 3 rings (SSSR count). The Balaban J connectivity index is 1.71. The minimum Gasteiger partial charge on any atom is -0.323 e. The molecule has 0 aliphatic heterocycles. The molecule has 0 fully saturated rings. The zero-order valence-electron chi connectivity index (χ0n) is 12.5. The van der Waals surface area contributed by atoms with Crippen LogP contribution < -0.4 is 5.32 Å². The summed E-state index contributed by atoms with van der Waals surface area (Å²) in [5.74, 6) is 0.609. The monoisotopic (exact) mass is 325 g/mol. The first kappa shape index (κ1) is 15.2. The maximum atomic E-state index is 11.6. The van der Waals surface area contributed by atoms with Crippen LogP contribution in [0.15, 0.2) is 54.0 Å². The lowest BCUT2D eigenvalue weighted by Crippen LogP contribution is -2.07. The Labute approximate surface area is 137 Å². The molecule has 2 heterocycles. The maximum Gasteiger partial charge on any atom is 0.248 e. The van der Waals surface area contributed by atoms with E-state index in [2.05, 4.69) is 25.5 Å². The predicted molar refractivity (Wildman–Crippen MR) is 91.1 cm³/mol. The van der Waals surface area contributed by atoms with Gasteiger partial charge in [-0.2, -0.15) is 5.10 Å². The van der Waals surface area contributed by atoms with Crippen LogP contribution in [0, 0.1) is 0 Å². The van der Waals surface area contributed by atoms with E-state index in [0.717, 1.165) is 33.1 Å². The summed E-state index contributed by atoms with van der Waals surface area (Å²) in [6, 6.07) is 7.78. The average Bonchev–Trinajstić information content (AvgIpc) is 3.02. The fourth-order valence-corrected chi connectivity index (χ4v) is 2.99. The number of hydrogen-bond acceptors (Lipinski definition) is 5. The Bertz CT molecular complexity index is 858. The van der Waals surface area contributed by atoms with Crippen molar-refractivity contribution < 1.29 is 4.79 Å². The number of thioether (sulfide) groups is 1. The Morgan fingerprint density at radius 2 is 2.30 bits per heavy atom. The maximum absolute atomic E-state index is 11.6. The highest BCUT2D eigenvalue weighted by atomic mass is 32.2. The number of anilines is 1. The molecule has 0 aliphatic carbocycles. The number of aromatic nitrogens is 4. The summed E-state index contributed by atoms with van der Waals surface area (Å²) in [6.45, 7) is 1.81. The highest BCUT2D eigenvalue weighted by Crippen LogP contribution is 2.27. The summed E-state index contributed by atoms with van der Waals surface area (Å²) < 4.78 is 0. The Morgan fingerprint density at radius 1 is 1.39 bits per heavy atom. The van der Waals surface area contributed by atoms with E-state index in [0.29, 0.717) is 0 Å². The first-order chi connectivity index (χ1) is 11.3. The third kappa shape index (κ3) is 3.75. The number of carbonyl (C=O) groups is 1. The van der Waals surface area contributed by atoms with Crippen LogP contribution in [0.4, 0.5) is 5.69 Å². The van der Waals surface area contributed by atoms with Gasteiger partial charge in [-0.3, -0.25) is 9.89 Å². The number of fused-ring (bicyclic) bond motifs is 1. The van der Waals surface area contributed by atoms with Crippen molar-refractivity contribution >= 4 is 34.4 Å². The zero-order chi connectivity index (χ0) is 16.1. The van der Waals surface area contributed by atoms with E-state index in [1.54, 1.807) is 24.0 Å². The molecule has 23 heavy (non-hydrogen) atoms. The van der Waals surface area contributed by atoms with Gasteiger partial charge in [0.1, 0.15) is 11.4 Å². The Morgan fingerprint density at radius 3 is 3.17 bits per heavy atom. The van der Waals surface area contributed by atoms with Gasteiger partial charge in [-0.25, -0.2) is 9.97 Å². The number of hydrogen-bond donors (Lipinski definition) is 2. The second-order valence-electron chi connectivity index (χ2n) is 4.79. The lowest BCUT2D eigenvalue weighted by molar-refractivity contribution is -0.111. The van der Waals surface area contributed by atoms with Gasteiger partial charge in [0.15, 0.2) is 5.65 Å². The van der Waals surface area contributed by atoms with Gasteiger partial charge in [0.2, 0.25) is 5.91 Å². The standard InChI is InChI=1S/C16H15N5OS/c1-2-4-14(22)20-12-6-3-5-11(7-12)9-23-16-13-8-19-21-15(13)17-10-18-16/h2-8,10H,9H2,1H3,(H,20,22)(H,17,18,19,21). The van der Waals surface area contributed by atoms with Crippen LogP contribution in [0.3, 0.4) is 0 Å². The molecule has 0 unspecified atom stereocenters. The third-order valence-electron chi connectivity index (χ3n) is 3.10. The number of aromatic amines is 1. The molecule has 0 radical (unpaired) electrons. The molecule has 0 saturated heterocycles. The van der Waals surface area contributed by atoms with Crippen LogP contribution >= 0.6 is 11.8 Å². The Kier molecular flexibility index (Phi) is 4.68. The van der Waals surface area contributed by atoms with E-state index >= 15 is 0 Å². The number of benzene rings is 1. The lowest BCUT2D eigenvalue weighted by atomic mass is 10.2. The fraction of sp³-hybridized carbons (Fsp3) is 0.125. The van der Waals surface area contributed by atoms with Crippen molar-refractivity contribution in [2.45, 2.75) is 17.7 Å². The molecule has 7 heteroatoms. The summed E-state index contributed by atoms with van der Waals surface area (Å²) >= 11 is 1.61. The van der Waals surface area contributed by atoms with Gasteiger partial charge in [0, 0.05) is 11.4 Å². The molecule has 1 amide bonds. The summed E-state index contributed by atoms with van der Waals surface area (Å²) in [7, 11) is 0. The fourth-order valence-electron chi connectivity index (χ4n) is 2.08. The molecule has 0 atom stereocenters. The van der Waals surface area contributed by atoms with Crippen LogP contribution in [-0.4, -0.2) is 26.1 Å². The van der Waals surface area contributed by atoms with Crippen molar-refractivity contribution in [1.82, 2.24) is 20.2 Å². The summed E-state index contributed by atoms with van der Waals surface area (Å²) in [5.41, 5.74) is 2.61. The molecule has 0 saturated carbocycles. The SMILES string of the molecule is CC=CC(=O)Nc1cccc(CSc2ncnc3[nH]ncc23)c1. The molecule has 3 aromatic rings. The highest BCUT2D eigenvalue weighted by molar-refractivity contribution is 7.98. The second kappa shape index (κ2) is 7.06. The van der Waals surface area contributed by atoms with Crippen molar-refractivity contribution in [1.29, 1.82) is 0 Å². The van der Waals surface area contributed by atoms with Crippen molar-refractivity contribution in [2.75, 3.05) is 5.32 Å². The van der Waals surface area contributed by atoms with Gasteiger partial charge in [0.25, 0.3) is 0 Å². The molecule has 6 nitrogen and oxygen atoms in total. The molecular formula is C16H15N5OS. The van der Waals surface area contributed by atoms with E-state index in [1.165, 1.54) is 12.4 Å².